The summed E-state index contributed by atoms with van der Waals surface area (Å²) >= 11 is 0. The van der Waals surface area contributed by atoms with Gasteiger partial charge in [-0.25, -0.2) is 0 Å². The van der Waals surface area contributed by atoms with Gasteiger partial charge in [-0.15, -0.1) is 6.58 Å². The van der Waals surface area contributed by atoms with Crippen LogP contribution >= 0.6 is 0 Å². The molecule has 0 N–H and O–H groups in total. The smallest absolute Gasteiger partial charge is 0.246 e. The third-order valence-corrected chi connectivity index (χ3v) is 3.10. The Morgan fingerprint density at radius 1 is 1.47 bits per heavy atom. The molecule has 0 aromatic carbocycles. The van der Waals surface area contributed by atoms with Gasteiger partial charge in [-0.2, -0.15) is 0 Å². The summed E-state index contributed by atoms with van der Waals surface area (Å²) in [7, 11) is 0. The second-order valence-electron chi connectivity index (χ2n) is 5.41. The average Bonchev–Trinajstić information content (AvgIpc) is 2.18. The van der Waals surface area contributed by atoms with Crippen LogP contribution in [0.3, 0.4) is 0 Å². The van der Waals surface area contributed by atoms with Crippen LogP contribution in [0, 0.1) is 0 Å². The van der Waals surface area contributed by atoms with Crippen molar-refractivity contribution in [3.05, 3.63) is 12.7 Å². The van der Waals surface area contributed by atoms with Gasteiger partial charge in [0.05, 0.1) is 0 Å². The monoisotopic (exact) mass is 238 g/mol. The molecule has 1 atom stereocenters. The highest BCUT2D eigenvalue weighted by atomic mass is 16.2. The van der Waals surface area contributed by atoms with Crippen molar-refractivity contribution < 1.29 is 9.59 Å². The highest BCUT2D eigenvalue weighted by Crippen LogP contribution is 2.22. The van der Waals surface area contributed by atoms with Gasteiger partial charge in [0.15, 0.2) is 0 Å². The first-order chi connectivity index (χ1) is 7.79. The second-order valence-corrected chi connectivity index (χ2v) is 5.41. The SMILES string of the molecule is C=CCC1C(=O)N(C(C)(C)C)CCN1C(C)=O. The van der Waals surface area contributed by atoms with Gasteiger partial charge in [0.2, 0.25) is 11.8 Å². The highest BCUT2D eigenvalue weighted by molar-refractivity contribution is 5.88. The first-order valence-corrected chi connectivity index (χ1v) is 5.98. The van der Waals surface area contributed by atoms with Crippen LogP contribution in [0.15, 0.2) is 12.7 Å². The van der Waals surface area contributed by atoms with Gasteiger partial charge in [0, 0.05) is 25.6 Å². The predicted octanol–water partition coefficient (Wildman–Crippen LogP) is 1.42. The molecule has 0 aromatic rings. The van der Waals surface area contributed by atoms with E-state index in [9.17, 15) is 9.59 Å². The standard InChI is InChI=1S/C13H22N2O2/c1-6-7-11-12(17)15(13(3,4)5)9-8-14(11)10(2)16/h6,11H,1,7-9H2,2-5H3. The Morgan fingerprint density at radius 3 is 2.47 bits per heavy atom. The van der Waals surface area contributed by atoms with Gasteiger partial charge in [0.25, 0.3) is 0 Å². The molecule has 0 spiro atoms. The fourth-order valence-corrected chi connectivity index (χ4v) is 2.22. The summed E-state index contributed by atoms with van der Waals surface area (Å²) in [5, 5.41) is 0. The van der Waals surface area contributed by atoms with E-state index in [-0.39, 0.29) is 23.4 Å². The zero-order valence-electron chi connectivity index (χ0n) is 11.2. The Balaban J connectivity index is 2.94. The van der Waals surface area contributed by atoms with Gasteiger partial charge in [-0.3, -0.25) is 9.59 Å². The second kappa shape index (κ2) is 4.90. The molecule has 96 valence electrons. The minimum Gasteiger partial charge on any atom is -0.334 e. The molecule has 0 bridgehead atoms. The van der Waals surface area contributed by atoms with Crippen LogP contribution in [-0.2, 0) is 9.59 Å². The Morgan fingerprint density at radius 2 is 2.06 bits per heavy atom. The van der Waals surface area contributed by atoms with Crippen molar-refractivity contribution >= 4 is 11.8 Å². The summed E-state index contributed by atoms with van der Waals surface area (Å²) in [6.07, 6.45) is 2.22. The summed E-state index contributed by atoms with van der Waals surface area (Å²) in [5.74, 6) is -0.0161. The number of amides is 2. The van der Waals surface area contributed by atoms with E-state index in [1.807, 2.05) is 25.7 Å². The van der Waals surface area contributed by atoms with Crippen LogP contribution in [0.25, 0.3) is 0 Å². The fraction of sp³-hybridized carbons (Fsp3) is 0.692. The maximum atomic E-state index is 12.4. The molecular formula is C13H22N2O2. The summed E-state index contributed by atoms with van der Waals surface area (Å²) < 4.78 is 0. The van der Waals surface area contributed by atoms with E-state index >= 15 is 0 Å². The van der Waals surface area contributed by atoms with Gasteiger partial charge < -0.3 is 9.80 Å². The van der Waals surface area contributed by atoms with Crippen LogP contribution < -0.4 is 0 Å². The van der Waals surface area contributed by atoms with Crippen LogP contribution in [0.5, 0.6) is 0 Å². The fourth-order valence-electron chi connectivity index (χ4n) is 2.22. The molecule has 0 radical (unpaired) electrons. The summed E-state index contributed by atoms with van der Waals surface area (Å²) in [5.41, 5.74) is -0.195. The van der Waals surface area contributed by atoms with E-state index in [2.05, 4.69) is 6.58 Å². The van der Waals surface area contributed by atoms with Gasteiger partial charge >= 0.3 is 0 Å². The minimum absolute atomic E-state index is 0.0267. The first kappa shape index (κ1) is 13.7. The zero-order chi connectivity index (χ0) is 13.2. The molecule has 0 aromatic heterocycles. The summed E-state index contributed by atoms with van der Waals surface area (Å²) in [6, 6.07) is -0.377. The molecule has 17 heavy (non-hydrogen) atoms. The van der Waals surface area contributed by atoms with E-state index in [0.717, 1.165) is 0 Å². The van der Waals surface area contributed by atoms with E-state index in [4.69, 9.17) is 0 Å². The molecule has 1 aliphatic rings. The molecular weight excluding hydrogens is 216 g/mol. The van der Waals surface area contributed by atoms with Crippen LogP contribution in [0.4, 0.5) is 0 Å². The summed E-state index contributed by atoms with van der Waals surface area (Å²) in [6.45, 7) is 12.4. The molecule has 2 amide bonds. The quantitative estimate of drug-likeness (QED) is 0.683. The highest BCUT2D eigenvalue weighted by Gasteiger charge is 2.39. The average molecular weight is 238 g/mol. The maximum Gasteiger partial charge on any atom is 0.246 e. The first-order valence-electron chi connectivity index (χ1n) is 5.98. The van der Waals surface area contributed by atoms with E-state index < -0.39 is 0 Å². The molecule has 0 saturated carbocycles. The third kappa shape index (κ3) is 2.87. The molecule has 1 rings (SSSR count). The lowest BCUT2D eigenvalue weighted by molar-refractivity contribution is -0.154. The Labute approximate surface area is 103 Å². The Bertz CT molecular complexity index is 331. The topological polar surface area (TPSA) is 40.6 Å². The Kier molecular flexibility index (Phi) is 3.96. The van der Waals surface area contributed by atoms with Crippen molar-refractivity contribution in [3.8, 4) is 0 Å². The van der Waals surface area contributed by atoms with Crippen molar-refractivity contribution in [1.29, 1.82) is 0 Å². The van der Waals surface area contributed by atoms with Crippen molar-refractivity contribution in [3.63, 3.8) is 0 Å². The number of hydrogen-bond acceptors (Lipinski definition) is 2. The summed E-state index contributed by atoms with van der Waals surface area (Å²) in [4.78, 5) is 27.4. The lowest BCUT2D eigenvalue weighted by Gasteiger charge is -2.45. The van der Waals surface area contributed by atoms with Crippen LogP contribution in [-0.4, -0.2) is 46.3 Å². The lowest BCUT2D eigenvalue weighted by atomic mass is 9.99. The minimum atomic E-state index is -0.377. The normalized spacial score (nSPS) is 21.6. The molecule has 1 fully saturated rings. The third-order valence-electron chi connectivity index (χ3n) is 3.10. The number of carbonyl (C=O) groups excluding carboxylic acids is 2. The molecule has 1 aliphatic heterocycles. The maximum absolute atomic E-state index is 12.4. The molecule has 4 nitrogen and oxygen atoms in total. The Hall–Kier alpha value is -1.32. The number of rotatable bonds is 2. The van der Waals surface area contributed by atoms with Gasteiger partial charge in [0.1, 0.15) is 6.04 Å². The molecule has 0 aliphatic carbocycles. The molecule has 1 heterocycles. The largest absolute Gasteiger partial charge is 0.334 e. The van der Waals surface area contributed by atoms with E-state index in [0.29, 0.717) is 19.5 Å². The van der Waals surface area contributed by atoms with Crippen molar-refractivity contribution in [2.75, 3.05) is 13.1 Å². The molecule has 1 saturated heterocycles. The van der Waals surface area contributed by atoms with Gasteiger partial charge in [-0.05, 0) is 27.2 Å². The van der Waals surface area contributed by atoms with Crippen molar-refractivity contribution in [2.24, 2.45) is 0 Å². The number of nitrogens with zero attached hydrogens (tertiary/aromatic N) is 2. The zero-order valence-corrected chi connectivity index (χ0v) is 11.2. The van der Waals surface area contributed by atoms with Crippen molar-refractivity contribution in [2.45, 2.75) is 45.7 Å². The molecule has 1 unspecified atom stereocenters. The van der Waals surface area contributed by atoms with Crippen molar-refractivity contribution in [1.82, 2.24) is 9.80 Å². The van der Waals surface area contributed by atoms with E-state index in [1.165, 1.54) is 6.92 Å². The lowest BCUT2D eigenvalue weighted by Crippen LogP contribution is -2.62. The predicted molar refractivity (Wildman–Crippen MR) is 67.5 cm³/mol. The van der Waals surface area contributed by atoms with Crippen LogP contribution in [0.2, 0.25) is 0 Å². The van der Waals surface area contributed by atoms with Gasteiger partial charge in [-0.1, -0.05) is 6.08 Å². The number of carbonyl (C=O) groups is 2. The van der Waals surface area contributed by atoms with Crippen LogP contribution in [0.1, 0.15) is 34.1 Å². The number of hydrogen-bond donors (Lipinski definition) is 0. The number of piperazine rings is 1. The molecule has 4 heteroatoms. The van der Waals surface area contributed by atoms with E-state index in [1.54, 1.807) is 11.0 Å².